The molecule has 1 saturated heterocycles. The van der Waals surface area contributed by atoms with Gasteiger partial charge in [-0.15, -0.1) is 0 Å². The summed E-state index contributed by atoms with van der Waals surface area (Å²) in [5.41, 5.74) is 0.682. The molecule has 2 fully saturated rings. The second-order valence-corrected chi connectivity index (χ2v) is 14.1. The molecule has 1 aliphatic heterocycles. The minimum atomic E-state index is -1.77. The summed E-state index contributed by atoms with van der Waals surface area (Å²) in [5, 5.41) is 0. The Morgan fingerprint density at radius 2 is 1.65 bits per heavy atom. The molecule has 1 aromatic rings. The van der Waals surface area contributed by atoms with Gasteiger partial charge in [0.2, 0.25) is 0 Å². The molecule has 1 aromatic carbocycles. The Morgan fingerprint density at radius 1 is 1.04 bits per heavy atom. The van der Waals surface area contributed by atoms with E-state index in [1.165, 1.54) is 18.4 Å². The molecule has 3 rings (SSSR count). The monoisotopic (exact) mass is 376 g/mol. The maximum atomic E-state index is 6.70. The fraction of sp³-hybridized carbons (Fsp3) is 0.727. The van der Waals surface area contributed by atoms with Crippen molar-refractivity contribution in [2.24, 2.45) is 17.8 Å². The molecular formula is C22H36O3Si. The highest BCUT2D eigenvalue weighted by molar-refractivity contribution is 6.69. The van der Waals surface area contributed by atoms with Crippen LogP contribution in [-0.4, -0.2) is 27.3 Å². The molecule has 26 heavy (non-hydrogen) atoms. The van der Waals surface area contributed by atoms with Crippen molar-refractivity contribution in [3.63, 3.8) is 0 Å². The summed E-state index contributed by atoms with van der Waals surface area (Å²) in [7, 11) is -1.77. The van der Waals surface area contributed by atoms with E-state index >= 15 is 0 Å². The molecule has 1 heterocycles. The van der Waals surface area contributed by atoms with E-state index in [0.717, 1.165) is 6.42 Å². The van der Waals surface area contributed by atoms with Crippen molar-refractivity contribution < 1.29 is 13.9 Å². The zero-order valence-electron chi connectivity index (χ0n) is 17.4. The second-order valence-electron chi connectivity index (χ2n) is 9.70. The molecular weight excluding hydrogens is 340 g/mol. The maximum Gasteiger partial charge on any atom is 0.185 e. The van der Waals surface area contributed by atoms with Crippen LogP contribution in [0.5, 0.6) is 0 Å². The summed E-state index contributed by atoms with van der Waals surface area (Å²) in [6.07, 6.45) is 3.45. The molecule has 0 bridgehead atoms. The van der Waals surface area contributed by atoms with Crippen LogP contribution in [0.25, 0.3) is 0 Å². The van der Waals surface area contributed by atoms with Crippen LogP contribution in [0, 0.1) is 17.8 Å². The van der Waals surface area contributed by atoms with Crippen LogP contribution in [0.4, 0.5) is 0 Å². The van der Waals surface area contributed by atoms with E-state index in [9.17, 15) is 0 Å². The lowest BCUT2D eigenvalue weighted by atomic mass is 9.72. The Balaban J connectivity index is 1.88. The van der Waals surface area contributed by atoms with Crippen molar-refractivity contribution in [2.45, 2.75) is 71.1 Å². The molecule has 1 aliphatic carbocycles. The first-order valence-corrected chi connectivity index (χ1v) is 13.6. The smallest absolute Gasteiger partial charge is 0.185 e. The van der Waals surface area contributed by atoms with Crippen molar-refractivity contribution in [1.82, 2.24) is 0 Å². The molecule has 1 spiro atoms. The van der Waals surface area contributed by atoms with E-state index in [1.807, 2.05) is 0 Å². The van der Waals surface area contributed by atoms with Gasteiger partial charge in [0.15, 0.2) is 14.1 Å². The predicted octanol–water partition coefficient (Wildman–Crippen LogP) is 5.57. The normalized spacial score (nSPS) is 35.8. The minimum absolute atomic E-state index is 0.438. The van der Waals surface area contributed by atoms with Gasteiger partial charge in [-0.1, -0.05) is 57.5 Å². The summed E-state index contributed by atoms with van der Waals surface area (Å²) in [6.45, 7) is 14.8. The number of ether oxygens (including phenoxy) is 2. The molecule has 146 valence electrons. The quantitative estimate of drug-likeness (QED) is 0.643. The van der Waals surface area contributed by atoms with Gasteiger partial charge in [-0.25, -0.2) is 0 Å². The lowest BCUT2D eigenvalue weighted by molar-refractivity contribution is -0.356. The Morgan fingerprint density at radius 3 is 2.19 bits per heavy atom. The topological polar surface area (TPSA) is 27.7 Å². The molecule has 2 aliphatic rings. The first-order chi connectivity index (χ1) is 12.2. The van der Waals surface area contributed by atoms with Crippen LogP contribution in [-0.2, 0) is 19.5 Å². The Labute approximate surface area is 160 Å². The maximum absolute atomic E-state index is 6.70. The lowest BCUT2D eigenvalue weighted by Gasteiger charge is -2.54. The molecule has 1 saturated carbocycles. The first-order valence-electron chi connectivity index (χ1n) is 10.2. The average Bonchev–Trinajstić information content (AvgIpc) is 2.57. The van der Waals surface area contributed by atoms with Crippen LogP contribution in [0.2, 0.25) is 19.6 Å². The standard InChI is InChI=1S/C22H36O3Si/c1-17(2)20-13-12-18(3)14-22(20)23-15-21(16-24-22,25-26(4,5)6)19-10-8-7-9-11-19/h7-11,17-18,20H,12-16H2,1-6H3/t18-,20+,21?,22?/m1/s1. The van der Waals surface area contributed by atoms with E-state index in [4.69, 9.17) is 13.9 Å². The molecule has 0 aromatic heterocycles. The summed E-state index contributed by atoms with van der Waals surface area (Å²) >= 11 is 0. The van der Waals surface area contributed by atoms with Gasteiger partial charge in [-0.3, -0.25) is 0 Å². The van der Waals surface area contributed by atoms with E-state index in [1.54, 1.807) is 0 Å². The van der Waals surface area contributed by atoms with Crippen molar-refractivity contribution in [2.75, 3.05) is 13.2 Å². The van der Waals surface area contributed by atoms with Gasteiger partial charge in [0.1, 0.15) is 5.60 Å². The van der Waals surface area contributed by atoms with E-state index in [-0.39, 0.29) is 0 Å². The fourth-order valence-corrected chi connectivity index (χ4v) is 6.18. The highest BCUT2D eigenvalue weighted by Crippen LogP contribution is 2.48. The first kappa shape index (κ1) is 20.1. The minimum Gasteiger partial charge on any atom is -0.404 e. The molecule has 0 amide bonds. The third kappa shape index (κ3) is 4.09. The van der Waals surface area contributed by atoms with Crippen LogP contribution in [0.3, 0.4) is 0 Å². The van der Waals surface area contributed by atoms with E-state index in [2.05, 4.69) is 70.7 Å². The lowest BCUT2D eigenvalue weighted by Crippen LogP contribution is -2.60. The summed E-state index contributed by atoms with van der Waals surface area (Å²) in [6, 6.07) is 10.5. The predicted molar refractivity (Wildman–Crippen MR) is 109 cm³/mol. The van der Waals surface area contributed by atoms with Gasteiger partial charge in [0, 0.05) is 12.3 Å². The number of hydrogen-bond donors (Lipinski definition) is 0. The van der Waals surface area contributed by atoms with Gasteiger partial charge >= 0.3 is 0 Å². The molecule has 0 radical (unpaired) electrons. The third-order valence-corrected chi connectivity index (χ3v) is 6.88. The molecule has 3 nitrogen and oxygen atoms in total. The highest BCUT2D eigenvalue weighted by atomic mass is 28.4. The highest BCUT2D eigenvalue weighted by Gasteiger charge is 2.53. The summed E-state index contributed by atoms with van der Waals surface area (Å²) in [5.74, 6) is 1.23. The summed E-state index contributed by atoms with van der Waals surface area (Å²) < 4.78 is 20.0. The molecule has 0 N–H and O–H groups in total. The van der Waals surface area contributed by atoms with Crippen LogP contribution in [0.15, 0.2) is 30.3 Å². The molecule has 4 heteroatoms. The average molecular weight is 377 g/mol. The van der Waals surface area contributed by atoms with Crippen LogP contribution >= 0.6 is 0 Å². The number of benzene rings is 1. The summed E-state index contributed by atoms with van der Waals surface area (Å²) in [4.78, 5) is 0. The van der Waals surface area contributed by atoms with Crippen molar-refractivity contribution in [3.05, 3.63) is 35.9 Å². The van der Waals surface area contributed by atoms with Crippen molar-refractivity contribution in [3.8, 4) is 0 Å². The van der Waals surface area contributed by atoms with Gasteiger partial charge in [0.25, 0.3) is 0 Å². The van der Waals surface area contributed by atoms with Crippen molar-refractivity contribution >= 4 is 8.32 Å². The Kier molecular flexibility index (Phi) is 5.70. The second kappa shape index (κ2) is 7.38. The van der Waals surface area contributed by atoms with Gasteiger partial charge in [-0.05, 0) is 43.5 Å². The van der Waals surface area contributed by atoms with Crippen molar-refractivity contribution in [1.29, 1.82) is 0 Å². The van der Waals surface area contributed by atoms with E-state index < -0.39 is 19.7 Å². The van der Waals surface area contributed by atoms with Crippen LogP contribution in [0.1, 0.15) is 45.6 Å². The number of hydrogen-bond acceptors (Lipinski definition) is 3. The van der Waals surface area contributed by atoms with Gasteiger partial charge in [0.05, 0.1) is 13.2 Å². The van der Waals surface area contributed by atoms with Gasteiger partial charge < -0.3 is 13.9 Å². The molecule has 2 atom stereocenters. The van der Waals surface area contributed by atoms with Crippen LogP contribution < -0.4 is 0 Å². The Hall–Kier alpha value is -0.683. The fourth-order valence-electron chi connectivity index (χ4n) is 4.77. The van der Waals surface area contributed by atoms with Gasteiger partial charge in [-0.2, -0.15) is 0 Å². The zero-order chi connectivity index (χ0) is 19.0. The zero-order valence-corrected chi connectivity index (χ0v) is 18.4. The SMILES string of the molecule is CC(C)[C@@H]1CC[C@@H](C)CC12OCC(O[Si](C)(C)C)(c1ccccc1)CO2. The Bertz CT molecular complexity index is 585. The largest absolute Gasteiger partial charge is 0.404 e. The third-order valence-electron chi connectivity index (χ3n) is 5.87. The molecule has 0 unspecified atom stereocenters. The van der Waals surface area contributed by atoms with E-state index in [0.29, 0.717) is 31.0 Å². The number of rotatable bonds is 4.